The second-order valence-corrected chi connectivity index (χ2v) is 5.20. The van der Waals surface area contributed by atoms with Crippen molar-refractivity contribution in [2.75, 3.05) is 7.11 Å². The van der Waals surface area contributed by atoms with Crippen LogP contribution in [-0.4, -0.2) is 18.9 Å². The largest absolute Gasteiger partial charge is 0.465 e. The first-order chi connectivity index (χ1) is 8.55. The Kier molecular flexibility index (Phi) is 3.50. The van der Waals surface area contributed by atoms with Gasteiger partial charge in [0.1, 0.15) is 5.78 Å². The fraction of sp³-hybridized carbons (Fsp3) is 0.467. The fourth-order valence-electron chi connectivity index (χ4n) is 2.67. The lowest BCUT2D eigenvalue weighted by molar-refractivity contribution is -0.121. The maximum absolute atomic E-state index is 11.6. The van der Waals surface area contributed by atoms with Crippen molar-refractivity contribution >= 4 is 11.8 Å². The molecule has 0 amide bonds. The number of ketones is 1. The molecule has 18 heavy (non-hydrogen) atoms. The Morgan fingerprint density at radius 1 is 1.39 bits per heavy atom. The quantitative estimate of drug-likeness (QED) is 0.754. The molecule has 1 atom stereocenters. The van der Waals surface area contributed by atoms with Gasteiger partial charge in [0, 0.05) is 12.8 Å². The molecular formula is C15H18O3. The van der Waals surface area contributed by atoms with Gasteiger partial charge in [-0.1, -0.05) is 19.1 Å². The van der Waals surface area contributed by atoms with Gasteiger partial charge in [0.25, 0.3) is 0 Å². The van der Waals surface area contributed by atoms with Crippen LogP contribution < -0.4 is 0 Å². The summed E-state index contributed by atoms with van der Waals surface area (Å²) in [4.78, 5) is 23.2. The second kappa shape index (κ2) is 4.92. The molecule has 1 aromatic rings. The van der Waals surface area contributed by atoms with E-state index >= 15 is 0 Å². The Hall–Kier alpha value is -1.64. The van der Waals surface area contributed by atoms with Gasteiger partial charge < -0.3 is 4.74 Å². The predicted octanol–water partition coefficient (Wildman–Crippen LogP) is 2.87. The van der Waals surface area contributed by atoms with E-state index in [2.05, 4.69) is 6.92 Å². The summed E-state index contributed by atoms with van der Waals surface area (Å²) >= 11 is 0. The van der Waals surface area contributed by atoms with Crippen molar-refractivity contribution in [3.8, 4) is 0 Å². The molecule has 0 unspecified atom stereocenters. The Bertz CT molecular complexity index is 478. The summed E-state index contributed by atoms with van der Waals surface area (Å²) in [5, 5.41) is 0. The van der Waals surface area contributed by atoms with Crippen LogP contribution in [0.25, 0.3) is 0 Å². The van der Waals surface area contributed by atoms with Gasteiger partial charge in [0.15, 0.2) is 0 Å². The van der Waals surface area contributed by atoms with Gasteiger partial charge in [-0.2, -0.15) is 0 Å². The van der Waals surface area contributed by atoms with Crippen molar-refractivity contribution in [3.63, 3.8) is 0 Å². The third-order valence-electron chi connectivity index (χ3n) is 3.75. The molecule has 0 heterocycles. The van der Waals surface area contributed by atoms with Gasteiger partial charge in [-0.15, -0.1) is 0 Å². The van der Waals surface area contributed by atoms with Crippen molar-refractivity contribution in [2.45, 2.75) is 38.0 Å². The molecule has 0 spiro atoms. The Morgan fingerprint density at radius 2 is 2.17 bits per heavy atom. The summed E-state index contributed by atoms with van der Waals surface area (Å²) in [6.07, 6.45) is 3.17. The zero-order chi connectivity index (χ0) is 13.2. The first-order valence-electron chi connectivity index (χ1n) is 6.26. The Labute approximate surface area is 107 Å². The summed E-state index contributed by atoms with van der Waals surface area (Å²) in [6, 6.07) is 7.44. The van der Waals surface area contributed by atoms with Gasteiger partial charge >= 0.3 is 5.97 Å². The minimum absolute atomic E-state index is 0.140. The maximum Gasteiger partial charge on any atom is 0.337 e. The van der Waals surface area contributed by atoms with Crippen LogP contribution in [-0.2, 0) is 14.9 Å². The number of Topliss-reactive ketones (excluding diaryl/α,β-unsaturated/α-hetero) is 1. The number of methoxy groups -OCH3 is 1. The molecule has 1 aromatic carbocycles. The van der Waals surface area contributed by atoms with E-state index in [4.69, 9.17) is 4.74 Å². The highest BCUT2D eigenvalue weighted by atomic mass is 16.5. The average molecular weight is 246 g/mol. The van der Waals surface area contributed by atoms with E-state index in [1.54, 1.807) is 6.07 Å². The first kappa shape index (κ1) is 12.8. The van der Waals surface area contributed by atoms with Crippen LogP contribution in [0.15, 0.2) is 24.3 Å². The normalized spacial score (nSPS) is 23.8. The van der Waals surface area contributed by atoms with Gasteiger partial charge in [0.05, 0.1) is 12.7 Å². The molecule has 0 aromatic heterocycles. The molecule has 0 aliphatic heterocycles. The monoisotopic (exact) mass is 246 g/mol. The molecule has 96 valence electrons. The SMILES string of the molecule is COC(=O)c1cccc([C@]2(C)CCCC(=O)C2)c1. The lowest BCUT2D eigenvalue weighted by atomic mass is 9.70. The van der Waals surface area contributed by atoms with Gasteiger partial charge in [-0.3, -0.25) is 4.79 Å². The molecule has 0 saturated heterocycles. The molecule has 3 nitrogen and oxygen atoms in total. The van der Waals surface area contributed by atoms with Crippen molar-refractivity contribution < 1.29 is 14.3 Å². The number of hydrogen-bond acceptors (Lipinski definition) is 3. The number of rotatable bonds is 2. The van der Waals surface area contributed by atoms with Crippen molar-refractivity contribution in [1.82, 2.24) is 0 Å². The minimum Gasteiger partial charge on any atom is -0.465 e. The van der Waals surface area contributed by atoms with Crippen LogP contribution in [0.1, 0.15) is 48.5 Å². The van der Waals surface area contributed by atoms with E-state index in [0.717, 1.165) is 18.4 Å². The average Bonchev–Trinajstić information content (AvgIpc) is 2.38. The number of benzene rings is 1. The topological polar surface area (TPSA) is 43.4 Å². The number of esters is 1. The van der Waals surface area contributed by atoms with Crippen LogP contribution in [0.4, 0.5) is 0 Å². The zero-order valence-corrected chi connectivity index (χ0v) is 10.9. The molecule has 3 heteroatoms. The summed E-state index contributed by atoms with van der Waals surface area (Å²) in [6.45, 7) is 2.10. The summed E-state index contributed by atoms with van der Waals surface area (Å²) < 4.78 is 4.73. The van der Waals surface area contributed by atoms with Crippen LogP contribution >= 0.6 is 0 Å². The maximum atomic E-state index is 11.6. The molecule has 0 radical (unpaired) electrons. The number of hydrogen-bond donors (Lipinski definition) is 0. The first-order valence-corrected chi connectivity index (χ1v) is 6.26. The predicted molar refractivity (Wildman–Crippen MR) is 68.6 cm³/mol. The lowest BCUT2D eigenvalue weighted by Gasteiger charge is -2.33. The number of carbonyl (C=O) groups is 2. The molecule has 0 bridgehead atoms. The van der Waals surface area contributed by atoms with Crippen LogP contribution in [0, 0.1) is 0 Å². The third kappa shape index (κ3) is 2.45. The van der Waals surface area contributed by atoms with E-state index in [1.807, 2.05) is 18.2 Å². The zero-order valence-electron chi connectivity index (χ0n) is 10.9. The molecule has 2 rings (SSSR count). The van der Waals surface area contributed by atoms with Crippen LogP contribution in [0.3, 0.4) is 0 Å². The molecular weight excluding hydrogens is 228 g/mol. The molecule has 0 N–H and O–H groups in total. The minimum atomic E-state index is -0.331. The lowest BCUT2D eigenvalue weighted by Crippen LogP contribution is -2.30. The summed E-state index contributed by atoms with van der Waals surface area (Å²) in [7, 11) is 1.38. The highest BCUT2D eigenvalue weighted by molar-refractivity contribution is 5.89. The van der Waals surface area contributed by atoms with Gasteiger partial charge in [0.2, 0.25) is 0 Å². The molecule has 1 aliphatic rings. The smallest absolute Gasteiger partial charge is 0.337 e. The standard InChI is InChI=1S/C15H18O3/c1-15(8-4-7-13(16)10-15)12-6-3-5-11(9-12)14(17)18-2/h3,5-6,9H,4,7-8,10H2,1-2H3/t15-/m1/s1. The summed E-state index contributed by atoms with van der Waals surface area (Å²) in [5.74, 6) is -0.0187. The number of ether oxygens (including phenoxy) is 1. The van der Waals surface area contributed by atoms with E-state index in [9.17, 15) is 9.59 Å². The molecule has 1 aliphatic carbocycles. The van der Waals surface area contributed by atoms with E-state index in [1.165, 1.54) is 7.11 Å². The highest BCUT2D eigenvalue weighted by Crippen LogP contribution is 2.37. The number of carbonyl (C=O) groups excluding carboxylic acids is 2. The van der Waals surface area contributed by atoms with Gasteiger partial charge in [-0.05, 0) is 36.0 Å². The van der Waals surface area contributed by atoms with Crippen molar-refractivity contribution in [1.29, 1.82) is 0 Å². The molecule has 1 saturated carbocycles. The Morgan fingerprint density at radius 3 is 2.83 bits per heavy atom. The fourth-order valence-corrected chi connectivity index (χ4v) is 2.67. The second-order valence-electron chi connectivity index (χ2n) is 5.20. The Balaban J connectivity index is 2.32. The summed E-state index contributed by atoms with van der Waals surface area (Å²) in [5.41, 5.74) is 1.46. The van der Waals surface area contributed by atoms with Crippen LogP contribution in [0.5, 0.6) is 0 Å². The van der Waals surface area contributed by atoms with Crippen molar-refractivity contribution in [2.24, 2.45) is 0 Å². The van der Waals surface area contributed by atoms with Crippen molar-refractivity contribution in [3.05, 3.63) is 35.4 Å². The van der Waals surface area contributed by atoms with Gasteiger partial charge in [-0.25, -0.2) is 4.79 Å². The molecule has 1 fully saturated rings. The van der Waals surface area contributed by atoms with E-state index in [0.29, 0.717) is 24.2 Å². The van der Waals surface area contributed by atoms with E-state index in [-0.39, 0.29) is 11.4 Å². The van der Waals surface area contributed by atoms with E-state index < -0.39 is 0 Å². The van der Waals surface area contributed by atoms with Crippen LogP contribution in [0.2, 0.25) is 0 Å². The highest BCUT2D eigenvalue weighted by Gasteiger charge is 2.33. The third-order valence-corrected chi connectivity index (χ3v) is 3.75.